The molecule has 0 aliphatic rings. The summed E-state index contributed by atoms with van der Waals surface area (Å²) in [5.41, 5.74) is 0.763. The van der Waals surface area contributed by atoms with Crippen LogP contribution < -0.4 is 5.32 Å². The van der Waals surface area contributed by atoms with Crippen molar-refractivity contribution in [3.8, 4) is 0 Å². The number of nitrogens with one attached hydrogen (secondary N) is 1. The summed E-state index contributed by atoms with van der Waals surface area (Å²) in [4.78, 5) is 0. The Morgan fingerprint density at radius 2 is 2.25 bits per heavy atom. The number of aliphatic hydroxyl groups is 1. The monoisotopic (exact) mass is 245 g/mol. The number of benzene rings is 1. The predicted octanol–water partition coefficient (Wildman–Crippen LogP) is 2.73. The van der Waals surface area contributed by atoms with Crippen molar-refractivity contribution in [3.63, 3.8) is 0 Å². The van der Waals surface area contributed by atoms with Gasteiger partial charge in [-0.25, -0.2) is 4.39 Å². The normalized spacial score (nSPS) is 12.8. The van der Waals surface area contributed by atoms with E-state index in [1.165, 1.54) is 6.07 Å². The SMILES string of the molecule is CC(O)CCCNCc1cccc(F)c1Cl. The molecule has 0 aromatic heterocycles. The van der Waals surface area contributed by atoms with E-state index in [1.807, 2.05) is 0 Å². The topological polar surface area (TPSA) is 32.3 Å². The molecule has 2 N–H and O–H groups in total. The molecule has 0 saturated carbocycles. The van der Waals surface area contributed by atoms with Crippen LogP contribution in [-0.2, 0) is 6.54 Å². The quantitative estimate of drug-likeness (QED) is 0.756. The minimum atomic E-state index is -0.384. The number of hydrogen-bond acceptors (Lipinski definition) is 2. The second kappa shape index (κ2) is 6.84. The lowest BCUT2D eigenvalue weighted by molar-refractivity contribution is 0.181. The van der Waals surface area contributed by atoms with Crippen LogP contribution in [0, 0.1) is 5.82 Å². The van der Waals surface area contributed by atoms with Gasteiger partial charge >= 0.3 is 0 Å². The predicted molar refractivity (Wildman–Crippen MR) is 64.0 cm³/mol. The van der Waals surface area contributed by atoms with E-state index in [0.29, 0.717) is 6.54 Å². The average Bonchev–Trinajstić information content (AvgIpc) is 2.23. The van der Waals surface area contributed by atoms with Crippen LogP contribution in [0.15, 0.2) is 18.2 Å². The summed E-state index contributed by atoms with van der Waals surface area (Å²) in [6.07, 6.45) is 1.40. The Morgan fingerprint density at radius 3 is 2.94 bits per heavy atom. The molecule has 4 heteroatoms. The zero-order chi connectivity index (χ0) is 12.0. The van der Waals surface area contributed by atoms with Gasteiger partial charge in [0.15, 0.2) is 0 Å². The highest BCUT2D eigenvalue weighted by atomic mass is 35.5. The van der Waals surface area contributed by atoms with Crippen LogP contribution >= 0.6 is 11.6 Å². The van der Waals surface area contributed by atoms with Gasteiger partial charge in [-0.2, -0.15) is 0 Å². The number of halogens is 2. The zero-order valence-corrected chi connectivity index (χ0v) is 10.1. The first kappa shape index (κ1) is 13.4. The van der Waals surface area contributed by atoms with E-state index < -0.39 is 0 Å². The number of rotatable bonds is 6. The first-order valence-corrected chi connectivity index (χ1v) is 5.80. The Hall–Kier alpha value is -0.640. The molecule has 90 valence electrons. The summed E-state index contributed by atoms with van der Waals surface area (Å²) in [5.74, 6) is -0.384. The molecule has 2 nitrogen and oxygen atoms in total. The Kier molecular flexibility index (Phi) is 5.74. The summed E-state index contributed by atoms with van der Waals surface area (Å²) in [7, 11) is 0. The molecule has 0 bridgehead atoms. The van der Waals surface area contributed by atoms with Crippen LogP contribution in [0.4, 0.5) is 4.39 Å². The van der Waals surface area contributed by atoms with E-state index in [-0.39, 0.29) is 16.9 Å². The maximum Gasteiger partial charge on any atom is 0.142 e. The van der Waals surface area contributed by atoms with Crippen LogP contribution in [0.5, 0.6) is 0 Å². The summed E-state index contributed by atoms with van der Waals surface area (Å²) < 4.78 is 13.1. The number of hydrogen-bond donors (Lipinski definition) is 2. The Morgan fingerprint density at radius 1 is 1.50 bits per heavy atom. The molecule has 0 aliphatic carbocycles. The molecule has 0 spiro atoms. The van der Waals surface area contributed by atoms with Gasteiger partial charge in [0.25, 0.3) is 0 Å². The van der Waals surface area contributed by atoms with Crippen molar-refractivity contribution < 1.29 is 9.50 Å². The summed E-state index contributed by atoms with van der Waals surface area (Å²) >= 11 is 5.80. The second-order valence-corrected chi connectivity index (χ2v) is 4.26. The van der Waals surface area contributed by atoms with Gasteiger partial charge in [-0.3, -0.25) is 0 Å². The summed E-state index contributed by atoms with van der Waals surface area (Å²) in [5, 5.41) is 12.4. The average molecular weight is 246 g/mol. The fraction of sp³-hybridized carbons (Fsp3) is 0.500. The van der Waals surface area contributed by atoms with E-state index in [4.69, 9.17) is 16.7 Å². The molecule has 1 rings (SSSR count). The summed E-state index contributed by atoms with van der Waals surface area (Å²) in [6.45, 7) is 3.11. The zero-order valence-electron chi connectivity index (χ0n) is 9.34. The maximum absolute atomic E-state index is 13.1. The third-order valence-electron chi connectivity index (χ3n) is 2.32. The minimum absolute atomic E-state index is 0.186. The van der Waals surface area contributed by atoms with Gasteiger partial charge in [-0.05, 0) is 37.9 Å². The van der Waals surface area contributed by atoms with Crippen LogP contribution in [-0.4, -0.2) is 17.8 Å². The van der Waals surface area contributed by atoms with Crippen molar-refractivity contribution in [1.82, 2.24) is 5.32 Å². The lowest BCUT2D eigenvalue weighted by Crippen LogP contribution is -2.16. The molecule has 1 unspecified atom stereocenters. The van der Waals surface area contributed by atoms with Crippen molar-refractivity contribution in [3.05, 3.63) is 34.6 Å². The van der Waals surface area contributed by atoms with E-state index in [9.17, 15) is 4.39 Å². The molecule has 0 fully saturated rings. The highest BCUT2D eigenvalue weighted by molar-refractivity contribution is 6.31. The highest BCUT2D eigenvalue weighted by Crippen LogP contribution is 2.19. The fourth-order valence-corrected chi connectivity index (χ4v) is 1.62. The van der Waals surface area contributed by atoms with Gasteiger partial charge in [0.2, 0.25) is 0 Å². The lowest BCUT2D eigenvalue weighted by atomic mass is 10.2. The van der Waals surface area contributed by atoms with Gasteiger partial charge in [0, 0.05) is 6.54 Å². The van der Waals surface area contributed by atoms with Crippen LogP contribution in [0.1, 0.15) is 25.3 Å². The van der Waals surface area contributed by atoms with Gasteiger partial charge < -0.3 is 10.4 Å². The number of aliphatic hydroxyl groups excluding tert-OH is 1. The van der Waals surface area contributed by atoms with Crippen LogP contribution in [0.3, 0.4) is 0 Å². The maximum atomic E-state index is 13.1. The molecule has 16 heavy (non-hydrogen) atoms. The molecule has 0 saturated heterocycles. The molecule has 0 heterocycles. The fourth-order valence-electron chi connectivity index (χ4n) is 1.43. The smallest absolute Gasteiger partial charge is 0.142 e. The molecule has 0 aliphatic heterocycles. The lowest BCUT2D eigenvalue weighted by Gasteiger charge is -2.08. The molecule has 0 amide bonds. The standard InChI is InChI=1S/C12H17ClFNO/c1-9(16)4-3-7-15-8-10-5-2-6-11(14)12(10)13/h2,5-6,9,15-16H,3-4,7-8H2,1H3. The molecular formula is C12H17ClFNO. The highest BCUT2D eigenvalue weighted by Gasteiger charge is 2.04. The van der Waals surface area contributed by atoms with Gasteiger partial charge in [0.1, 0.15) is 5.82 Å². The van der Waals surface area contributed by atoms with Crippen molar-refractivity contribution in [2.24, 2.45) is 0 Å². The van der Waals surface area contributed by atoms with Crippen molar-refractivity contribution in [2.45, 2.75) is 32.4 Å². The Bertz CT molecular complexity index is 331. The molecule has 0 radical (unpaired) electrons. The van der Waals surface area contributed by atoms with Gasteiger partial charge in [0.05, 0.1) is 11.1 Å². The third-order valence-corrected chi connectivity index (χ3v) is 2.75. The van der Waals surface area contributed by atoms with Crippen molar-refractivity contribution in [2.75, 3.05) is 6.54 Å². The van der Waals surface area contributed by atoms with Crippen molar-refractivity contribution >= 4 is 11.6 Å². The van der Waals surface area contributed by atoms with Crippen LogP contribution in [0.25, 0.3) is 0 Å². The Labute approximate surface area is 100 Å². The first-order valence-electron chi connectivity index (χ1n) is 5.43. The van der Waals surface area contributed by atoms with E-state index in [1.54, 1.807) is 19.1 Å². The van der Waals surface area contributed by atoms with E-state index in [2.05, 4.69) is 5.32 Å². The van der Waals surface area contributed by atoms with E-state index in [0.717, 1.165) is 24.9 Å². The third kappa shape index (κ3) is 4.47. The van der Waals surface area contributed by atoms with E-state index >= 15 is 0 Å². The largest absolute Gasteiger partial charge is 0.393 e. The summed E-state index contributed by atoms with van der Waals surface area (Å²) in [6, 6.07) is 4.79. The molecule has 1 aromatic carbocycles. The minimum Gasteiger partial charge on any atom is -0.393 e. The molecule has 1 atom stereocenters. The molecular weight excluding hydrogens is 229 g/mol. The second-order valence-electron chi connectivity index (χ2n) is 3.88. The molecule has 1 aromatic rings. The van der Waals surface area contributed by atoms with Gasteiger partial charge in [-0.15, -0.1) is 0 Å². The first-order chi connectivity index (χ1) is 7.61. The van der Waals surface area contributed by atoms with Crippen molar-refractivity contribution in [1.29, 1.82) is 0 Å². The van der Waals surface area contributed by atoms with Crippen LogP contribution in [0.2, 0.25) is 5.02 Å². The Balaban J connectivity index is 2.29. The van der Waals surface area contributed by atoms with Gasteiger partial charge in [-0.1, -0.05) is 23.7 Å².